The topological polar surface area (TPSA) is 98.0 Å². The van der Waals surface area contributed by atoms with E-state index in [9.17, 15) is 8.42 Å². The highest BCUT2D eigenvalue weighted by Gasteiger charge is 2.19. The predicted octanol–water partition coefficient (Wildman–Crippen LogP) is 0.0546. The molecule has 14 heavy (non-hydrogen) atoms. The number of nitrogen functional groups attached to an aromatic ring is 1. The molecule has 8 heteroatoms. The average Bonchev–Trinajstić information content (AvgIpc) is 2.49. The van der Waals surface area contributed by atoms with Crippen LogP contribution in [0.1, 0.15) is 13.8 Å². The van der Waals surface area contributed by atoms with Gasteiger partial charge in [-0.2, -0.15) is 0 Å². The van der Waals surface area contributed by atoms with Gasteiger partial charge in [-0.1, -0.05) is 25.2 Å². The van der Waals surface area contributed by atoms with Crippen molar-refractivity contribution in [2.24, 2.45) is 5.92 Å². The van der Waals surface area contributed by atoms with E-state index in [1.807, 2.05) is 13.8 Å². The molecule has 0 unspecified atom stereocenters. The average molecular weight is 236 g/mol. The lowest BCUT2D eigenvalue weighted by Gasteiger charge is -2.05. The number of hydrogen-bond acceptors (Lipinski definition) is 6. The number of hydrogen-bond donors (Lipinski definition) is 2. The van der Waals surface area contributed by atoms with Crippen LogP contribution < -0.4 is 10.5 Å². The zero-order chi connectivity index (χ0) is 10.8. The third-order valence-corrected chi connectivity index (χ3v) is 3.88. The van der Waals surface area contributed by atoms with Crippen LogP contribution in [0.4, 0.5) is 5.13 Å². The molecule has 0 radical (unpaired) electrons. The van der Waals surface area contributed by atoms with Crippen LogP contribution in [0.15, 0.2) is 4.34 Å². The number of sulfonamides is 1. The standard InChI is InChI=1S/C6H12N4O2S2/c1-4(2)3-8-14(11,12)6-10-9-5(7)13-6/h4,8H,3H2,1-2H3,(H2,7,9). The van der Waals surface area contributed by atoms with Gasteiger partial charge in [0.15, 0.2) is 0 Å². The summed E-state index contributed by atoms with van der Waals surface area (Å²) in [6.45, 7) is 4.20. The minimum atomic E-state index is -3.52. The molecule has 0 aliphatic heterocycles. The number of nitrogens with zero attached hydrogens (tertiary/aromatic N) is 2. The number of rotatable bonds is 4. The van der Waals surface area contributed by atoms with Gasteiger partial charge in [-0.05, 0) is 5.92 Å². The first-order chi connectivity index (χ1) is 6.42. The molecule has 0 saturated heterocycles. The molecule has 0 aromatic carbocycles. The highest BCUT2D eigenvalue weighted by Crippen LogP contribution is 2.16. The molecular weight excluding hydrogens is 224 g/mol. The smallest absolute Gasteiger partial charge is 0.269 e. The zero-order valence-corrected chi connectivity index (χ0v) is 9.52. The van der Waals surface area contributed by atoms with E-state index < -0.39 is 10.0 Å². The summed E-state index contributed by atoms with van der Waals surface area (Å²) in [6.07, 6.45) is 0. The molecule has 0 atom stereocenters. The molecule has 1 aromatic heterocycles. The van der Waals surface area contributed by atoms with Crippen molar-refractivity contribution in [1.82, 2.24) is 14.9 Å². The van der Waals surface area contributed by atoms with Crippen LogP contribution in [0.25, 0.3) is 0 Å². The molecule has 1 rings (SSSR count). The Labute approximate surface area is 86.6 Å². The SMILES string of the molecule is CC(C)CNS(=O)(=O)c1nnc(N)s1. The predicted molar refractivity (Wildman–Crippen MR) is 54.3 cm³/mol. The molecule has 3 N–H and O–H groups in total. The first kappa shape index (κ1) is 11.3. The van der Waals surface area contributed by atoms with Crippen molar-refractivity contribution in [2.45, 2.75) is 18.2 Å². The monoisotopic (exact) mass is 236 g/mol. The molecule has 80 valence electrons. The van der Waals surface area contributed by atoms with E-state index in [0.717, 1.165) is 11.3 Å². The molecule has 0 spiro atoms. The molecule has 1 aromatic rings. The summed E-state index contributed by atoms with van der Waals surface area (Å²) in [4.78, 5) is 0. The van der Waals surface area contributed by atoms with E-state index in [4.69, 9.17) is 5.73 Å². The largest absolute Gasteiger partial charge is 0.374 e. The fourth-order valence-electron chi connectivity index (χ4n) is 0.667. The van der Waals surface area contributed by atoms with E-state index in [2.05, 4.69) is 14.9 Å². The molecule has 0 aliphatic carbocycles. The Kier molecular flexibility index (Phi) is 3.40. The molecule has 0 fully saturated rings. The Morgan fingerprint density at radius 2 is 2.14 bits per heavy atom. The molecule has 0 bridgehead atoms. The number of nitrogens with one attached hydrogen (secondary N) is 1. The Bertz CT molecular complexity index is 398. The van der Waals surface area contributed by atoms with Gasteiger partial charge in [-0.3, -0.25) is 0 Å². The van der Waals surface area contributed by atoms with Crippen LogP contribution in [-0.2, 0) is 10.0 Å². The quantitative estimate of drug-likeness (QED) is 0.770. The van der Waals surface area contributed by atoms with Gasteiger partial charge < -0.3 is 5.73 Å². The summed E-state index contributed by atoms with van der Waals surface area (Å²) in [6, 6.07) is 0. The molecule has 1 heterocycles. The van der Waals surface area contributed by atoms with Gasteiger partial charge in [-0.25, -0.2) is 13.1 Å². The Morgan fingerprint density at radius 3 is 2.57 bits per heavy atom. The fraction of sp³-hybridized carbons (Fsp3) is 0.667. The van der Waals surface area contributed by atoms with E-state index in [0.29, 0.717) is 6.54 Å². The second kappa shape index (κ2) is 4.20. The summed E-state index contributed by atoms with van der Waals surface area (Å²) < 4.78 is 25.3. The van der Waals surface area contributed by atoms with E-state index in [1.54, 1.807) is 0 Å². The van der Waals surface area contributed by atoms with Crippen molar-refractivity contribution < 1.29 is 8.42 Å². The number of nitrogens with two attached hydrogens (primary N) is 1. The van der Waals surface area contributed by atoms with Gasteiger partial charge in [-0.15, -0.1) is 10.2 Å². The van der Waals surface area contributed by atoms with Gasteiger partial charge in [0, 0.05) is 6.54 Å². The zero-order valence-electron chi connectivity index (χ0n) is 7.89. The normalized spacial score (nSPS) is 12.2. The third kappa shape index (κ3) is 2.89. The van der Waals surface area contributed by atoms with Gasteiger partial charge >= 0.3 is 0 Å². The summed E-state index contributed by atoms with van der Waals surface area (Å²) >= 11 is 0.851. The minimum absolute atomic E-state index is 0.0874. The molecular formula is C6H12N4O2S2. The Balaban J connectivity index is 2.76. The Morgan fingerprint density at radius 1 is 1.50 bits per heavy atom. The minimum Gasteiger partial charge on any atom is -0.374 e. The second-order valence-electron chi connectivity index (χ2n) is 3.15. The van der Waals surface area contributed by atoms with Crippen molar-refractivity contribution in [2.75, 3.05) is 12.3 Å². The highest BCUT2D eigenvalue weighted by atomic mass is 32.2. The first-order valence-corrected chi connectivity index (χ1v) is 6.30. The van der Waals surface area contributed by atoms with Crippen LogP contribution >= 0.6 is 11.3 Å². The van der Waals surface area contributed by atoms with Crippen LogP contribution in [-0.4, -0.2) is 25.2 Å². The van der Waals surface area contributed by atoms with E-state index in [1.165, 1.54) is 0 Å². The number of anilines is 1. The summed E-state index contributed by atoms with van der Waals surface area (Å²) in [7, 11) is -3.52. The van der Waals surface area contributed by atoms with Crippen molar-refractivity contribution in [1.29, 1.82) is 0 Å². The number of aromatic nitrogens is 2. The first-order valence-electron chi connectivity index (χ1n) is 4.00. The van der Waals surface area contributed by atoms with Crippen molar-refractivity contribution in [3.05, 3.63) is 0 Å². The van der Waals surface area contributed by atoms with Crippen LogP contribution in [0.3, 0.4) is 0 Å². The summed E-state index contributed by atoms with van der Waals surface area (Å²) in [5.74, 6) is 0.245. The van der Waals surface area contributed by atoms with Gasteiger partial charge in [0.2, 0.25) is 9.47 Å². The van der Waals surface area contributed by atoms with Gasteiger partial charge in [0.1, 0.15) is 0 Å². The van der Waals surface area contributed by atoms with Gasteiger partial charge in [0.25, 0.3) is 10.0 Å². The van der Waals surface area contributed by atoms with Crippen LogP contribution in [0, 0.1) is 5.92 Å². The second-order valence-corrected chi connectivity index (χ2v) is 6.10. The molecule has 0 amide bonds. The van der Waals surface area contributed by atoms with Crippen LogP contribution in [0.2, 0.25) is 0 Å². The fourth-order valence-corrected chi connectivity index (χ4v) is 2.71. The van der Waals surface area contributed by atoms with Crippen molar-refractivity contribution in [3.63, 3.8) is 0 Å². The maximum Gasteiger partial charge on any atom is 0.269 e. The molecule has 0 aliphatic rings. The van der Waals surface area contributed by atoms with E-state index >= 15 is 0 Å². The molecule has 6 nitrogen and oxygen atoms in total. The summed E-state index contributed by atoms with van der Waals surface area (Å²) in [5.41, 5.74) is 5.28. The molecule has 0 saturated carbocycles. The lowest BCUT2D eigenvalue weighted by Crippen LogP contribution is -2.27. The van der Waals surface area contributed by atoms with Crippen molar-refractivity contribution in [3.8, 4) is 0 Å². The Hall–Kier alpha value is -0.730. The maximum atomic E-state index is 11.5. The third-order valence-electron chi connectivity index (χ3n) is 1.33. The van der Waals surface area contributed by atoms with Crippen LogP contribution in [0.5, 0.6) is 0 Å². The summed E-state index contributed by atoms with van der Waals surface area (Å²) in [5, 5.41) is 7.04. The van der Waals surface area contributed by atoms with Crippen molar-refractivity contribution >= 4 is 26.5 Å². The lowest BCUT2D eigenvalue weighted by atomic mass is 10.2. The highest BCUT2D eigenvalue weighted by molar-refractivity contribution is 7.91. The maximum absolute atomic E-state index is 11.5. The lowest BCUT2D eigenvalue weighted by molar-refractivity contribution is 0.558. The van der Waals surface area contributed by atoms with Gasteiger partial charge in [0.05, 0.1) is 0 Å². The van der Waals surface area contributed by atoms with E-state index in [-0.39, 0.29) is 15.4 Å².